The molecule has 1 aromatic carbocycles. The monoisotopic (exact) mass is 302 g/mol. The van der Waals surface area contributed by atoms with E-state index in [0.29, 0.717) is 23.8 Å². The number of nitrogens with zero attached hydrogens (tertiary/aromatic N) is 1. The topological polar surface area (TPSA) is 52.6 Å². The molecular weight excluding hydrogens is 284 g/mol. The highest BCUT2D eigenvalue weighted by molar-refractivity contribution is 7.99. The fourth-order valence-corrected chi connectivity index (χ4v) is 2.51. The highest BCUT2D eigenvalue weighted by Crippen LogP contribution is 2.30. The number of benzene rings is 1. The van der Waals surface area contributed by atoms with E-state index in [4.69, 9.17) is 16.7 Å². The summed E-state index contributed by atoms with van der Waals surface area (Å²) in [6.45, 7) is 4.74. The quantitative estimate of drug-likeness (QED) is 0.793. The third kappa shape index (κ3) is 4.93. The van der Waals surface area contributed by atoms with Crippen molar-refractivity contribution in [3.63, 3.8) is 0 Å². The number of aliphatic hydroxyl groups is 1. The summed E-state index contributed by atoms with van der Waals surface area (Å²) in [6.07, 6.45) is 0. The molecule has 6 heteroatoms. The molecule has 0 fully saturated rings. The van der Waals surface area contributed by atoms with Gasteiger partial charge in [-0.25, -0.2) is 4.79 Å². The molecule has 0 aliphatic rings. The van der Waals surface area contributed by atoms with Crippen molar-refractivity contribution in [2.75, 3.05) is 30.8 Å². The number of carbonyl (C=O) groups excluding carboxylic acids is 1. The Morgan fingerprint density at radius 3 is 2.79 bits per heavy atom. The minimum atomic E-state index is -0.225. The van der Waals surface area contributed by atoms with Crippen LogP contribution in [0.2, 0.25) is 5.02 Å². The number of halogens is 1. The predicted molar refractivity (Wildman–Crippen MR) is 81.2 cm³/mol. The van der Waals surface area contributed by atoms with Crippen LogP contribution in [0.1, 0.15) is 13.8 Å². The van der Waals surface area contributed by atoms with Gasteiger partial charge in [0.05, 0.1) is 12.3 Å². The van der Waals surface area contributed by atoms with Crippen LogP contribution in [0.3, 0.4) is 0 Å². The van der Waals surface area contributed by atoms with Gasteiger partial charge in [-0.2, -0.15) is 0 Å². The van der Waals surface area contributed by atoms with Crippen molar-refractivity contribution in [3.8, 4) is 0 Å². The number of thioether (sulfide) groups is 1. The molecule has 2 amide bonds. The summed E-state index contributed by atoms with van der Waals surface area (Å²) in [4.78, 5) is 14.6. The number of urea groups is 1. The van der Waals surface area contributed by atoms with Gasteiger partial charge >= 0.3 is 6.03 Å². The lowest BCUT2D eigenvalue weighted by atomic mass is 10.3. The number of amides is 2. The Bertz CT molecular complexity index is 429. The number of nitrogens with one attached hydrogen (secondary N) is 1. The van der Waals surface area contributed by atoms with Crippen molar-refractivity contribution in [1.29, 1.82) is 0 Å². The maximum atomic E-state index is 12.1. The predicted octanol–water partition coefficient (Wildman–Crippen LogP) is 3.30. The number of anilines is 1. The highest BCUT2D eigenvalue weighted by Gasteiger charge is 2.13. The van der Waals surface area contributed by atoms with Gasteiger partial charge in [-0.05, 0) is 30.9 Å². The molecule has 0 aliphatic heterocycles. The minimum Gasteiger partial charge on any atom is -0.395 e. The van der Waals surface area contributed by atoms with Gasteiger partial charge in [-0.15, -0.1) is 11.8 Å². The van der Waals surface area contributed by atoms with E-state index < -0.39 is 0 Å². The maximum Gasteiger partial charge on any atom is 0.321 e. The summed E-state index contributed by atoms with van der Waals surface area (Å²) in [7, 11) is 0. The van der Waals surface area contributed by atoms with E-state index >= 15 is 0 Å². The summed E-state index contributed by atoms with van der Waals surface area (Å²) in [6, 6.07) is 5.22. The third-order valence-corrected chi connectivity index (χ3v) is 3.71. The molecule has 1 aromatic rings. The van der Waals surface area contributed by atoms with E-state index in [-0.39, 0.29) is 12.6 Å². The van der Waals surface area contributed by atoms with Crippen molar-refractivity contribution in [1.82, 2.24) is 4.90 Å². The number of carbonyl (C=O) groups is 1. The second-order valence-electron chi connectivity index (χ2n) is 3.81. The van der Waals surface area contributed by atoms with Gasteiger partial charge in [0.15, 0.2) is 0 Å². The van der Waals surface area contributed by atoms with Gasteiger partial charge < -0.3 is 15.3 Å². The lowest BCUT2D eigenvalue weighted by Gasteiger charge is -2.21. The lowest BCUT2D eigenvalue weighted by molar-refractivity contribution is 0.192. The molecule has 0 atom stereocenters. The Morgan fingerprint density at radius 1 is 1.47 bits per heavy atom. The molecule has 0 saturated carbocycles. The van der Waals surface area contributed by atoms with Crippen LogP contribution < -0.4 is 5.32 Å². The number of likely N-dealkylation sites (N-methyl/N-ethyl adjacent to an activating group) is 1. The van der Waals surface area contributed by atoms with Crippen molar-refractivity contribution in [2.24, 2.45) is 0 Å². The first-order valence-corrected chi connectivity index (χ1v) is 7.57. The van der Waals surface area contributed by atoms with Gasteiger partial charge in [-0.3, -0.25) is 0 Å². The maximum absolute atomic E-state index is 12.1. The molecule has 1 rings (SSSR count). The van der Waals surface area contributed by atoms with E-state index in [1.165, 1.54) is 0 Å². The van der Waals surface area contributed by atoms with Crippen molar-refractivity contribution in [3.05, 3.63) is 23.2 Å². The van der Waals surface area contributed by atoms with Gasteiger partial charge in [0.25, 0.3) is 0 Å². The van der Waals surface area contributed by atoms with Crippen molar-refractivity contribution < 1.29 is 9.90 Å². The normalized spacial score (nSPS) is 10.3. The van der Waals surface area contributed by atoms with E-state index in [2.05, 4.69) is 12.2 Å². The molecule has 0 heterocycles. The van der Waals surface area contributed by atoms with Crippen LogP contribution in [0.25, 0.3) is 0 Å². The summed E-state index contributed by atoms with van der Waals surface area (Å²) >= 11 is 7.60. The van der Waals surface area contributed by atoms with Crippen LogP contribution in [0.5, 0.6) is 0 Å². The standard InChI is InChI=1S/C13H19ClN2O2S/c1-3-16(7-8-17)13(18)15-11-9-10(14)5-6-12(11)19-4-2/h5-6,9,17H,3-4,7-8H2,1-2H3,(H,15,18). The highest BCUT2D eigenvalue weighted by atomic mass is 35.5. The molecule has 0 aromatic heterocycles. The molecule has 0 radical (unpaired) electrons. The summed E-state index contributed by atoms with van der Waals surface area (Å²) < 4.78 is 0. The van der Waals surface area contributed by atoms with E-state index in [1.54, 1.807) is 28.8 Å². The fourth-order valence-electron chi connectivity index (χ4n) is 1.60. The molecule has 0 bridgehead atoms. The largest absolute Gasteiger partial charge is 0.395 e. The Kier molecular flexibility index (Phi) is 7.05. The first-order valence-electron chi connectivity index (χ1n) is 6.21. The molecule has 0 unspecified atom stereocenters. The molecule has 4 nitrogen and oxygen atoms in total. The molecule has 0 aliphatic carbocycles. The molecule has 2 N–H and O–H groups in total. The number of aliphatic hydroxyl groups excluding tert-OH is 1. The van der Waals surface area contributed by atoms with Gasteiger partial charge in [0, 0.05) is 23.0 Å². The Hall–Kier alpha value is -0.910. The molecule has 0 spiro atoms. The average molecular weight is 303 g/mol. The van der Waals surface area contributed by atoms with Gasteiger partial charge in [0.2, 0.25) is 0 Å². The van der Waals surface area contributed by atoms with Crippen molar-refractivity contribution >= 4 is 35.1 Å². The number of hydrogen-bond acceptors (Lipinski definition) is 3. The SMILES string of the molecule is CCSc1ccc(Cl)cc1NC(=O)N(CC)CCO. The fraction of sp³-hybridized carbons (Fsp3) is 0.462. The van der Waals surface area contributed by atoms with Crippen LogP contribution in [-0.4, -0.2) is 41.5 Å². The second-order valence-corrected chi connectivity index (χ2v) is 5.55. The Balaban J connectivity index is 2.84. The second kappa shape index (κ2) is 8.30. The zero-order valence-corrected chi connectivity index (χ0v) is 12.7. The number of hydrogen-bond donors (Lipinski definition) is 2. The van der Waals surface area contributed by atoms with E-state index in [0.717, 1.165) is 10.6 Å². The first kappa shape index (κ1) is 16.1. The Morgan fingerprint density at radius 2 is 2.21 bits per heavy atom. The summed E-state index contributed by atoms with van der Waals surface area (Å²) in [5.41, 5.74) is 0.709. The summed E-state index contributed by atoms with van der Waals surface area (Å²) in [5.74, 6) is 0.915. The van der Waals surface area contributed by atoms with Crippen LogP contribution in [0.4, 0.5) is 10.5 Å². The minimum absolute atomic E-state index is 0.0482. The van der Waals surface area contributed by atoms with E-state index in [1.807, 2.05) is 13.0 Å². The first-order chi connectivity index (χ1) is 9.12. The zero-order chi connectivity index (χ0) is 14.3. The van der Waals surface area contributed by atoms with Gasteiger partial charge in [-0.1, -0.05) is 18.5 Å². The molecule has 19 heavy (non-hydrogen) atoms. The lowest BCUT2D eigenvalue weighted by Crippen LogP contribution is -2.36. The Labute approximate surface area is 123 Å². The zero-order valence-electron chi connectivity index (χ0n) is 11.1. The summed E-state index contributed by atoms with van der Waals surface area (Å²) in [5, 5.41) is 12.3. The van der Waals surface area contributed by atoms with Crippen LogP contribution >= 0.6 is 23.4 Å². The van der Waals surface area contributed by atoms with Crippen LogP contribution in [0.15, 0.2) is 23.1 Å². The molecular formula is C13H19ClN2O2S. The third-order valence-electron chi connectivity index (χ3n) is 2.52. The van der Waals surface area contributed by atoms with E-state index in [9.17, 15) is 4.79 Å². The smallest absolute Gasteiger partial charge is 0.321 e. The number of rotatable bonds is 6. The van der Waals surface area contributed by atoms with Crippen molar-refractivity contribution in [2.45, 2.75) is 18.7 Å². The van der Waals surface area contributed by atoms with Crippen LogP contribution in [0, 0.1) is 0 Å². The van der Waals surface area contributed by atoms with Crippen LogP contribution in [-0.2, 0) is 0 Å². The van der Waals surface area contributed by atoms with Gasteiger partial charge in [0.1, 0.15) is 0 Å². The molecule has 106 valence electrons. The average Bonchev–Trinajstić information content (AvgIpc) is 2.39. The molecule has 0 saturated heterocycles.